The second-order valence-electron chi connectivity index (χ2n) is 6.13. The number of hydrogen-bond acceptors (Lipinski definition) is 4. The Morgan fingerprint density at radius 3 is 2.24 bits per heavy atom. The average Bonchev–Trinajstić information content (AvgIpc) is 2.62. The highest BCUT2D eigenvalue weighted by Gasteiger charge is 2.33. The van der Waals surface area contributed by atoms with Crippen molar-refractivity contribution in [1.82, 2.24) is 0 Å². The summed E-state index contributed by atoms with van der Waals surface area (Å²) < 4.78 is 10.2. The summed E-state index contributed by atoms with van der Waals surface area (Å²) in [5.41, 5.74) is 1.25. The molecule has 0 aliphatic heterocycles. The van der Waals surface area contributed by atoms with E-state index >= 15 is 0 Å². The molecule has 1 aromatic carbocycles. The Bertz CT molecular complexity index is 629. The molecule has 0 N–H and O–H groups in total. The van der Waals surface area contributed by atoms with Gasteiger partial charge >= 0.3 is 11.9 Å². The van der Waals surface area contributed by atoms with Gasteiger partial charge < -0.3 is 9.47 Å². The zero-order chi connectivity index (χ0) is 18.1. The highest BCUT2D eigenvalue weighted by molar-refractivity contribution is 6.01. The molecule has 4 nitrogen and oxygen atoms in total. The van der Waals surface area contributed by atoms with Crippen LogP contribution in [0.4, 0.5) is 0 Å². The van der Waals surface area contributed by atoms with Gasteiger partial charge in [-0.25, -0.2) is 0 Å². The Balaban J connectivity index is 2.32. The molecule has 0 amide bonds. The van der Waals surface area contributed by atoms with Crippen LogP contribution in [0.25, 0.3) is 0 Å². The lowest BCUT2D eigenvalue weighted by Crippen LogP contribution is -2.27. The van der Waals surface area contributed by atoms with Crippen LogP contribution in [0.5, 0.6) is 0 Å². The molecule has 134 valence electrons. The van der Waals surface area contributed by atoms with Crippen LogP contribution in [-0.4, -0.2) is 25.2 Å². The second kappa shape index (κ2) is 9.88. The molecule has 1 saturated carbocycles. The molecule has 0 heterocycles. The lowest BCUT2D eigenvalue weighted by molar-refractivity contribution is -0.156. The van der Waals surface area contributed by atoms with Gasteiger partial charge in [-0.3, -0.25) is 9.59 Å². The molecule has 0 aromatic heterocycles. The summed E-state index contributed by atoms with van der Waals surface area (Å²) in [5, 5.41) is 0. The summed E-state index contributed by atoms with van der Waals surface area (Å²) in [6.45, 7) is 3.86. The number of carbonyl (C=O) groups is 2. The molecule has 0 atom stereocenters. The standard InChI is InChI=1S/C21H26O4/c1-3-24-20(22)19(21(23)25-4-2)18-13-9-8-12-17(18)15-14-16-10-6-5-7-11-16/h8-9,12-13,16,19H,3-7,10-11H2,1-2H3. The predicted molar refractivity (Wildman–Crippen MR) is 95.9 cm³/mol. The summed E-state index contributed by atoms with van der Waals surface area (Å²) in [4.78, 5) is 24.7. The fraction of sp³-hybridized carbons (Fsp3) is 0.524. The number of rotatable bonds is 5. The first-order valence-electron chi connectivity index (χ1n) is 9.11. The van der Waals surface area contributed by atoms with Gasteiger partial charge in [-0.1, -0.05) is 49.3 Å². The van der Waals surface area contributed by atoms with Crippen molar-refractivity contribution in [2.45, 2.75) is 51.9 Å². The van der Waals surface area contributed by atoms with Crippen molar-refractivity contribution in [3.8, 4) is 11.8 Å². The van der Waals surface area contributed by atoms with Crippen molar-refractivity contribution in [2.75, 3.05) is 13.2 Å². The normalized spacial score (nSPS) is 14.5. The van der Waals surface area contributed by atoms with E-state index in [1.54, 1.807) is 26.0 Å². The zero-order valence-corrected chi connectivity index (χ0v) is 15.0. The van der Waals surface area contributed by atoms with Crippen molar-refractivity contribution < 1.29 is 19.1 Å². The van der Waals surface area contributed by atoms with E-state index in [9.17, 15) is 9.59 Å². The van der Waals surface area contributed by atoms with E-state index in [4.69, 9.17) is 9.47 Å². The molecule has 0 spiro atoms. The van der Waals surface area contributed by atoms with Crippen molar-refractivity contribution in [3.63, 3.8) is 0 Å². The minimum absolute atomic E-state index is 0.213. The van der Waals surface area contributed by atoms with E-state index in [0.717, 1.165) is 12.8 Å². The molecule has 1 aromatic rings. The molecule has 0 unspecified atom stereocenters. The third-order valence-corrected chi connectivity index (χ3v) is 4.33. The minimum atomic E-state index is -1.09. The average molecular weight is 342 g/mol. The Kier molecular flexibility index (Phi) is 7.53. The highest BCUT2D eigenvalue weighted by atomic mass is 16.6. The third-order valence-electron chi connectivity index (χ3n) is 4.33. The Labute approximate surface area is 149 Å². The maximum Gasteiger partial charge on any atom is 0.324 e. The number of ether oxygens (including phenoxy) is 2. The maximum atomic E-state index is 12.3. The fourth-order valence-corrected chi connectivity index (χ4v) is 3.09. The first kappa shape index (κ1) is 19.1. The van der Waals surface area contributed by atoms with E-state index in [0.29, 0.717) is 17.0 Å². The number of hydrogen-bond donors (Lipinski definition) is 0. The summed E-state index contributed by atoms with van der Waals surface area (Å²) in [7, 11) is 0. The molecule has 0 saturated heterocycles. The van der Waals surface area contributed by atoms with E-state index in [1.807, 2.05) is 12.1 Å². The van der Waals surface area contributed by atoms with Crippen molar-refractivity contribution in [1.29, 1.82) is 0 Å². The first-order chi connectivity index (χ1) is 12.2. The van der Waals surface area contributed by atoms with Gasteiger partial charge in [-0.2, -0.15) is 0 Å². The van der Waals surface area contributed by atoms with Gasteiger partial charge in [0.15, 0.2) is 5.92 Å². The SMILES string of the molecule is CCOC(=O)C(C(=O)OCC)c1ccccc1C#CC1CCCCC1. The van der Waals surface area contributed by atoms with Gasteiger partial charge in [0, 0.05) is 11.5 Å². The lowest BCUT2D eigenvalue weighted by atomic mass is 9.89. The Morgan fingerprint density at radius 2 is 1.64 bits per heavy atom. The summed E-state index contributed by atoms with van der Waals surface area (Å²) in [5.74, 6) is 4.64. The molecule has 1 aliphatic carbocycles. The lowest BCUT2D eigenvalue weighted by Gasteiger charge is -2.17. The van der Waals surface area contributed by atoms with Crippen LogP contribution in [0.15, 0.2) is 24.3 Å². The van der Waals surface area contributed by atoms with E-state index in [2.05, 4.69) is 11.8 Å². The van der Waals surface area contributed by atoms with Crippen LogP contribution in [0.1, 0.15) is 63.0 Å². The largest absolute Gasteiger partial charge is 0.465 e. The van der Waals surface area contributed by atoms with Gasteiger partial charge in [0.1, 0.15) is 0 Å². The monoisotopic (exact) mass is 342 g/mol. The van der Waals surface area contributed by atoms with Crippen molar-refractivity contribution in [3.05, 3.63) is 35.4 Å². The van der Waals surface area contributed by atoms with Crippen LogP contribution < -0.4 is 0 Å². The van der Waals surface area contributed by atoms with E-state index in [1.165, 1.54) is 19.3 Å². The molecular weight excluding hydrogens is 316 g/mol. The van der Waals surface area contributed by atoms with Crippen LogP contribution in [0.3, 0.4) is 0 Å². The summed E-state index contributed by atoms with van der Waals surface area (Å²) in [6, 6.07) is 7.26. The maximum absolute atomic E-state index is 12.3. The van der Waals surface area contributed by atoms with E-state index < -0.39 is 17.9 Å². The molecular formula is C21H26O4. The topological polar surface area (TPSA) is 52.6 Å². The molecule has 0 radical (unpaired) electrons. The highest BCUT2D eigenvalue weighted by Crippen LogP contribution is 2.25. The van der Waals surface area contributed by atoms with E-state index in [-0.39, 0.29) is 13.2 Å². The predicted octanol–water partition coefficient (Wildman–Crippen LogP) is 3.83. The molecule has 0 bridgehead atoms. The second-order valence-corrected chi connectivity index (χ2v) is 6.13. The Morgan fingerprint density at radius 1 is 1.04 bits per heavy atom. The summed E-state index contributed by atoms with van der Waals surface area (Å²) >= 11 is 0. The van der Waals surface area contributed by atoms with Crippen LogP contribution in [-0.2, 0) is 19.1 Å². The van der Waals surface area contributed by atoms with Crippen LogP contribution in [0.2, 0.25) is 0 Å². The van der Waals surface area contributed by atoms with Crippen LogP contribution >= 0.6 is 0 Å². The first-order valence-corrected chi connectivity index (χ1v) is 9.11. The third kappa shape index (κ3) is 5.35. The zero-order valence-electron chi connectivity index (χ0n) is 15.0. The van der Waals surface area contributed by atoms with Crippen molar-refractivity contribution in [2.24, 2.45) is 5.92 Å². The van der Waals surface area contributed by atoms with Gasteiger partial charge in [0.2, 0.25) is 0 Å². The van der Waals surface area contributed by atoms with Gasteiger partial charge in [-0.15, -0.1) is 0 Å². The smallest absolute Gasteiger partial charge is 0.324 e. The quantitative estimate of drug-likeness (QED) is 0.464. The van der Waals surface area contributed by atoms with Gasteiger partial charge in [0.25, 0.3) is 0 Å². The number of carbonyl (C=O) groups excluding carboxylic acids is 2. The van der Waals surface area contributed by atoms with Gasteiger partial charge in [-0.05, 0) is 38.3 Å². The molecule has 1 aliphatic rings. The molecule has 4 heteroatoms. The Hall–Kier alpha value is -2.28. The van der Waals surface area contributed by atoms with Crippen LogP contribution in [0, 0.1) is 17.8 Å². The van der Waals surface area contributed by atoms with Gasteiger partial charge in [0.05, 0.1) is 13.2 Å². The minimum Gasteiger partial charge on any atom is -0.465 e. The fourth-order valence-electron chi connectivity index (χ4n) is 3.09. The molecule has 1 fully saturated rings. The van der Waals surface area contributed by atoms with Crippen molar-refractivity contribution >= 4 is 11.9 Å². The number of esters is 2. The molecule has 2 rings (SSSR count). The number of benzene rings is 1. The molecule has 25 heavy (non-hydrogen) atoms. The summed E-state index contributed by atoms with van der Waals surface area (Å²) in [6.07, 6.45) is 5.95.